The number of fused-ring (bicyclic) bond motifs is 1. The second kappa shape index (κ2) is 6.59. The summed E-state index contributed by atoms with van der Waals surface area (Å²) in [5.41, 5.74) is 1.02. The summed E-state index contributed by atoms with van der Waals surface area (Å²) in [5, 5.41) is 1.06. The van der Waals surface area contributed by atoms with Crippen molar-refractivity contribution in [2.24, 2.45) is 23.2 Å². The number of carbonyl (C=O) groups excluding carboxylic acids is 1. The van der Waals surface area contributed by atoms with Gasteiger partial charge in [0.2, 0.25) is 5.91 Å². The molecular weight excluding hydrogens is 382 g/mol. The first-order chi connectivity index (χ1) is 14.1. The van der Waals surface area contributed by atoms with Crippen molar-refractivity contribution in [1.29, 1.82) is 0 Å². The number of benzene rings is 1. The number of ether oxygens (including phenoxy) is 1. The molecule has 4 saturated carbocycles. The molecule has 0 radical (unpaired) electrons. The van der Waals surface area contributed by atoms with Crippen LogP contribution in [-0.2, 0) is 4.79 Å². The second-order valence-electron chi connectivity index (χ2n) is 9.81. The van der Waals surface area contributed by atoms with Crippen LogP contribution in [0.5, 0.6) is 5.75 Å². The van der Waals surface area contributed by atoms with Crippen LogP contribution in [0.15, 0.2) is 18.2 Å². The summed E-state index contributed by atoms with van der Waals surface area (Å²) in [5.74, 6) is 3.83. The van der Waals surface area contributed by atoms with Crippen molar-refractivity contribution in [3.05, 3.63) is 18.2 Å². The topological polar surface area (TPSA) is 45.7 Å². The van der Waals surface area contributed by atoms with Crippen molar-refractivity contribution >= 4 is 32.6 Å². The summed E-state index contributed by atoms with van der Waals surface area (Å²) in [6.45, 7) is 3.43. The highest BCUT2D eigenvalue weighted by Crippen LogP contribution is 2.60. The van der Waals surface area contributed by atoms with Crippen LogP contribution >= 0.6 is 11.3 Å². The van der Waals surface area contributed by atoms with Crippen molar-refractivity contribution in [2.45, 2.75) is 38.5 Å². The van der Waals surface area contributed by atoms with Gasteiger partial charge in [-0.05, 0) is 74.5 Å². The second-order valence-corrected chi connectivity index (χ2v) is 10.8. The lowest BCUT2D eigenvalue weighted by atomic mass is 9.49. The Morgan fingerprint density at radius 3 is 2.34 bits per heavy atom. The van der Waals surface area contributed by atoms with E-state index in [9.17, 15) is 4.79 Å². The lowest BCUT2D eigenvalue weighted by Crippen LogP contribution is -2.58. The third-order valence-electron chi connectivity index (χ3n) is 7.91. The van der Waals surface area contributed by atoms with E-state index in [1.807, 2.05) is 12.1 Å². The predicted octanol–water partition coefficient (Wildman–Crippen LogP) is 4.17. The zero-order chi connectivity index (χ0) is 19.6. The Hall–Kier alpha value is -1.82. The minimum atomic E-state index is -0.0106. The minimum absolute atomic E-state index is 0.0106. The maximum absolute atomic E-state index is 13.6. The molecule has 0 spiro atoms. The standard InChI is InChI=1S/C23H29N3O2S/c1-28-18-2-3-19-20(11-18)29-22(24-19)26-6-4-25(5-7-26)21(27)23-12-15-8-16(13-23)10-17(9-15)14-23/h2-3,11,15-17H,4-10,12-14H2,1H3. The third kappa shape index (κ3) is 2.94. The van der Waals surface area contributed by atoms with Crippen molar-refractivity contribution in [3.8, 4) is 5.75 Å². The molecule has 0 N–H and O–H groups in total. The highest BCUT2D eigenvalue weighted by atomic mass is 32.1. The van der Waals surface area contributed by atoms with E-state index in [0.29, 0.717) is 5.91 Å². The molecule has 1 saturated heterocycles. The van der Waals surface area contributed by atoms with Gasteiger partial charge in [0.1, 0.15) is 5.75 Å². The number of aromatic nitrogens is 1. The van der Waals surface area contributed by atoms with E-state index in [4.69, 9.17) is 9.72 Å². The van der Waals surface area contributed by atoms with Gasteiger partial charge in [-0.2, -0.15) is 0 Å². The van der Waals surface area contributed by atoms with Crippen molar-refractivity contribution in [2.75, 3.05) is 38.2 Å². The molecule has 0 atom stereocenters. The van der Waals surface area contributed by atoms with Gasteiger partial charge in [0.25, 0.3) is 0 Å². The Morgan fingerprint density at radius 2 is 1.72 bits per heavy atom. The molecule has 4 bridgehead atoms. The monoisotopic (exact) mass is 411 g/mol. The van der Waals surface area contributed by atoms with Gasteiger partial charge in [-0.15, -0.1) is 0 Å². The lowest BCUT2D eigenvalue weighted by molar-refractivity contribution is -0.158. The van der Waals surface area contributed by atoms with Gasteiger partial charge in [-0.3, -0.25) is 4.79 Å². The molecule has 1 aliphatic heterocycles. The maximum atomic E-state index is 13.6. The van der Waals surface area contributed by atoms with E-state index in [-0.39, 0.29) is 5.41 Å². The average molecular weight is 412 g/mol. The number of piperazine rings is 1. The number of thiazole rings is 1. The number of amides is 1. The number of rotatable bonds is 3. The molecule has 0 unspecified atom stereocenters. The summed E-state index contributed by atoms with van der Waals surface area (Å²) in [4.78, 5) is 22.9. The Bertz CT molecular complexity index is 911. The fourth-order valence-corrected chi connectivity index (χ4v) is 8.01. The predicted molar refractivity (Wildman–Crippen MR) is 116 cm³/mol. The largest absolute Gasteiger partial charge is 0.497 e. The van der Waals surface area contributed by atoms with Gasteiger partial charge in [-0.1, -0.05) is 11.3 Å². The van der Waals surface area contributed by atoms with Gasteiger partial charge in [-0.25, -0.2) is 4.98 Å². The smallest absolute Gasteiger partial charge is 0.228 e. The average Bonchev–Trinajstić information content (AvgIpc) is 3.15. The van der Waals surface area contributed by atoms with Crippen LogP contribution in [0, 0.1) is 23.2 Å². The minimum Gasteiger partial charge on any atom is -0.497 e. The van der Waals surface area contributed by atoms with Crippen molar-refractivity contribution in [1.82, 2.24) is 9.88 Å². The summed E-state index contributed by atoms with van der Waals surface area (Å²) < 4.78 is 6.50. The van der Waals surface area contributed by atoms with E-state index in [2.05, 4.69) is 15.9 Å². The van der Waals surface area contributed by atoms with Gasteiger partial charge in [0.15, 0.2) is 5.13 Å². The number of hydrogen-bond donors (Lipinski definition) is 0. The van der Waals surface area contributed by atoms with Crippen molar-refractivity contribution in [3.63, 3.8) is 0 Å². The number of methoxy groups -OCH3 is 1. The molecule has 154 valence electrons. The molecule has 5 aliphatic rings. The van der Waals surface area contributed by atoms with Crippen LogP contribution < -0.4 is 9.64 Å². The summed E-state index contributed by atoms with van der Waals surface area (Å²) in [6, 6.07) is 6.05. The Morgan fingerprint density at radius 1 is 1.07 bits per heavy atom. The molecule has 7 rings (SSSR count). The molecule has 1 aromatic heterocycles. The third-order valence-corrected chi connectivity index (χ3v) is 8.99. The molecule has 5 fully saturated rings. The molecule has 5 nitrogen and oxygen atoms in total. The van der Waals surface area contributed by atoms with Crippen LogP contribution in [0.2, 0.25) is 0 Å². The first-order valence-corrected chi connectivity index (χ1v) is 11.9. The zero-order valence-corrected chi connectivity index (χ0v) is 17.9. The molecule has 4 aliphatic carbocycles. The number of carbonyl (C=O) groups is 1. The Balaban J connectivity index is 1.15. The zero-order valence-electron chi connectivity index (χ0n) is 17.1. The fraction of sp³-hybridized carbons (Fsp3) is 0.652. The summed E-state index contributed by atoms with van der Waals surface area (Å²) >= 11 is 1.72. The molecular formula is C23H29N3O2S. The van der Waals surface area contributed by atoms with Gasteiger partial charge >= 0.3 is 0 Å². The maximum Gasteiger partial charge on any atom is 0.228 e. The highest BCUT2D eigenvalue weighted by Gasteiger charge is 2.55. The summed E-state index contributed by atoms with van der Waals surface area (Å²) in [7, 11) is 1.70. The van der Waals surface area contributed by atoms with E-state index in [1.54, 1.807) is 18.4 Å². The quantitative estimate of drug-likeness (QED) is 0.760. The van der Waals surface area contributed by atoms with Gasteiger partial charge < -0.3 is 14.5 Å². The Labute approximate surface area is 176 Å². The van der Waals surface area contributed by atoms with Gasteiger partial charge in [0, 0.05) is 26.2 Å². The van der Waals surface area contributed by atoms with Crippen LogP contribution in [-0.4, -0.2) is 49.1 Å². The molecule has 2 aromatic rings. The van der Waals surface area contributed by atoms with E-state index >= 15 is 0 Å². The normalized spacial score (nSPS) is 33.5. The molecule has 29 heavy (non-hydrogen) atoms. The molecule has 1 amide bonds. The van der Waals surface area contributed by atoms with E-state index < -0.39 is 0 Å². The van der Waals surface area contributed by atoms with Crippen LogP contribution in [0.1, 0.15) is 38.5 Å². The number of anilines is 1. The molecule has 1 aromatic carbocycles. The Kier molecular flexibility index (Phi) is 4.09. The first-order valence-electron chi connectivity index (χ1n) is 11.1. The lowest BCUT2D eigenvalue weighted by Gasteiger charge is -2.57. The SMILES string of the molecule is COc1ccc2nc(N3CCN(C(=O)C45CC6CC(CC(C6)C4)C5)CC3)sc2c1. The molecule has 6 heteroatoms. The highest BCUT2D eigenvalue weighted by molar-refractivity contribution is 7.22. The van der Waals surface area contributed by atoms with Crippen molar-refractivity contribution < 1.29 is 9.53 Å². The van der Waals surface area contributed by atoms with E-state index in [0.717, 1.165) is 65.0 Å². The van der Waals surface area contributed by atoms with Crippen LogP contribution in [0.25, 0.3) is 10.2 Å². The van der Waals surface area contributed by atoms with Crippen LogP contribution in [0.3, 0.4) is 0 Å². The van der Waals surface area contributed by atoms with E-state index in [1.165, 1.54) is 38.5 Å². The van der Waals surface area contributed by atoms with Crippen LogP contribution in [0.4, 0.5) is 5.13 Å². The fourth-order valence-electron chi connectivity index (χ4n) is 6.96. The molecule has 2 heterocycles. The number of nitrogens with zero attached hydrogens (tertiary/aromatic N) is 3. The first kappa shape index (κ1) is 18.0. The summed E-state index contributed by atoms with van der Waals surface area (Å²) in [6.07, 6.45) is 7.67. The number of hydrogen-bond acceptors (Lipinski definition) is 5. The van der Waals surface area contributed by atoms with Gasteiger partial charge in [0.05, 0.1) is 22.7 Å².